The van der Waals surface area contributed by atoms with Gasteiger partial charge in [0, 0.05) is 79.2 Å². The van der Waals surface area contributed by atoms with Gasteiger partial charge in [-0.3, -0.25) is 0 Å². The Morgan fingerprint density at radius 3 is 1.59 bits per heavy atom. The van der Waals surface area contributed by atoms with Crippen LogP contribution >= 0.6 is 0 Å². The molecule has 8 bridgehead atoms. The molecule has 3 aromatic rings. The van der Waals surface area contributed by atoms with Gasteiger partial charge >= 0.3 is 0 Å². The van der Waals surface area contributed by atoms with E-state index in [9.17, 15) is 0 Å². The predicted molar refractivity (Wildman–Crippen MR) is 236 cm³/mol. The van der Waals surface area contributed by atoms with E-state index in [1.807, 2.05) is 0 Å². The standard InChI is InChI=1S/C48H50N8/c1-5-52-23-9-13-34(30-52)45-43-22-21-40(51-43)28-39-18-17-37(49-39)27-38-19-20-41(50-38)29-44-46(35-14-10-24-53(6-2)31-35)47(36-15-11-25-54(7-3)32-36)48(45)56(44)42-16-12-26-55(8-4)33-42/h9-29,49H,5-8,30-33H2,1-4H3. The number of H-pyrrole nitrogens is 1. The normalized spacial score (nSPS) is 17.5. The van der Waals surface area contributed by atoms with Crippen LogP contribution in [0.15, 0.2) is 104 Å². The number of rotatable bonds is 8. The lowest BCUT2D eigenvalue weighted by molar-refractivity contribution is 0.437. The molecule has 1 N–H and O–H groups in total. The first kappa shape index (κ1) is 35.4. The Morgan fingerprint density at radius 1 is 0.518 bits per heavy atom. The highest BCUT2D eigenvalue weighted by atomic mass is 15.2. The molecule has 0 saturated heterocycles. The van der Waals surface area contributed by atoms with E-state index in [-0.39, 0.29) is 0 Å². The number of nitrogens with zero attached hydrogens (tertiary/aromatic N) is 7. The summed E-state index contributed by atoms with van der Waals surface area (Å²) in [5, 5.41) is 0. The molecular formula is C48H50N8. The summed E-state index contributed by atoms with van der Waals surface area (Å²) in [6, 6.07) is 10.8. The largest absolute Gasteiger partial charge is 0.373 e. The summed E-state index contributed by atoms with van der Waals surface area (Å²) in [6.45, 7) is 15.8. The van der Waals surface area contributed by atoms with Crippen molar-refractivity contribution in [2.45, 2.75) is 27.7 Å². The zero-order valence-corrected chi connectivity index (χ0v) is 32.9. The van der Waals surface area contributed by atoms with Crippen LogP contribution in [-0.2, 0) is 0 Å². The summed E-state index contributed by atoms with van der Waals surface area (Å²) < 4.78 is 2.57. The Bertz CT molecular complexity index is 2560. The van der Waals surface area contributed by atoms with Crippen LogP contribution in [0.25, 0.3) is 68.8 Å². The molecule has 0 atom stereocenters. The zero-order valence-electron chi connectivity index (χ0n) is 32.9. The molecule has 6 aliphatic heterocycles. The van der Waals surface area contributed by atoms with E-state index in [2.05, 4.69) is 185 Å². The summed E-state index contributed by atoms with van der Waals surface area (Å²) in [4.78, 5) is 23.9. The highest BCUT2D eigenvalue weighted by Gasteiger charge is 2.31. The van der Waals surface area contributed by atoms with Crippen molar-refractivity contribution < 1.29 is 0 Å². The summed E-state index contributed by atoms with van der Waals surface area (Å²) in [7, 11) is 0. The van der Waals surface area contributed by atoms with E-state index < -0.39 is 0 Å². The van der Waals surface area contributed by atoms with E-state index >= 15 is 0 Å². The van der Waals surface area contributed by atoms with Crippen LogP contribution in [0.2, 0.25) is 0 Å². The summed E-state index contributed by atoms with van der Waals surface area (Å²) in [5.41, 5.74) is 16.8. The van der Waals surface area contributed by atoms with Gasteiger partial charge in [-0.05, 0) is 154 Å². The molecule has 6 aliphatic rings. The molecule has 9 heterocycles. The molecular weight excluding hydrogens is 689 g/mol. The first-order valence-corrected chi connectivity index (χ1v) is 20.2. The lowest BCUT2D eigenvalue weighted by atomic mass is 9.90. The van der Waals surface area contributed by atoms with Crippen molar-refractivity contribution in [3.63, 3.8) is 0 Å². The van der Waals surface area contributed by atoms with E-state index in [4.69, 9.17) is 9.97 Å². The maximum absolute atomic E-state index is 5.46. The fraction of sp³-hybridized carbons (Fsp3) is 0.250. The first-order chi connectivity index (χ1) is 27.5. The minimum atomic E-state index is 0.775. The minimum Gasteiger partial charge on any atom is -0.373 e. The second kappa shape index (κ2) is 15.1. The zero-order chi connectivity index (χ0) is 38.2. The van der Waals surface area contributed by atoms with Crippen molar-refractivity contribution in [3.8, 4) is 0 Å². The van der Waals surface area contributed by atoms with E-state index in [1.165, 1.54) is 39.1 Å². The van der Waals surface area contributed by atoms with Gasteiger partial charge < -0.3 is 29.2 Å². The summed E-state index contributed by atoms with van der Waals surface area (Å²) >= 11 is 0. The highest BCUT2D eigenvalue weighted by molar-refractivity contribution is 6.05. The Morgan fingerprint density at radius 2 is 1.00 bits per heavy atom. The molecule has 8 nitrogen and oxygen atoms in total. The average molecular weight is 739 g/mol. The fourth-order valence-electron chi connectivity index (χ4n) is 8.45. The molecule has 3 aromatic heterocycles. The van der Waals surface area contributed by atoms with Crippen molar-refractivity contribution in [1.82, 2.24) is 39.1 Å². The van der Waals surface area contributed by atoms with Gasteiger partial charge in [-0.1, -0.05) is 18.2 Å². The van der Waals surface area contributed by atoms with Gasteiger partial charge in [0.25, 0.3) is 0 Å². The maximum Gasteiger partial charge on any atom is 0.0734 e. The number of allylic oxidation sites excluding steroid dienone is 8. The van der Waals surface area contributed by atoms with Gasteiger partial charge in [0.2, 0.25) is 0 Å². The molecule has 0 amide bonds. The SMILES string of the molecule is CCN1C=CC=C(c2c(C3=CC=CN(CC)C3)c3c(C4=CC=CN(CC)C4)c4nc(cc5ccc(cc6nc(cc2n3C2=CC=CN(CC)C2)C=C6)[nH]5)C=C4)C1. The van der Waals surface area contributed by atoms with Gasteiger partial charge in [-0.15, -0.1) is 0 Å². The molecule has 0 spiro atoms. The number of hydrogen-bond donors (Lipinski definition) is 1. The van der Waals surface area contributed by atoms with Gasteiger partial charge in [0.05, 0.1) is 40.4 Å². The third-order valence-electron chi connectivity index (χ3n) is 11.4. The summed E-state index contributed by atoms with van der Waals surface area (Å²) in [5.74, 6) is 0. The highest BCUT2D eigenvalue weighted by Crippen LogP contribution is 2.44. The number of fused-ring (bicyclic) bond motifs is 8. The van der Waals surface area contributed by atoms with Crippen molar-refractivity contribution in [2.75, 3.05) is 52.4 Å². The Hall–Kier alpha value is -6.28. The maximum atomic E-state index is 5.46. The average Bonchev–Trinajstić information content (AvgIpc) is 4.06. The van der Waals surface area contributed by atoms with Crippen molar-refractivity contribution in [1.29, 1.82) is 0 Å². The van der Waals surface area contributed by atoms with Crippen LogP contribution in [-0.4, -0.2) is 91.5 Å². The minimum absolute atomic E-state index is 0.775. The predicted octanol–water partition coefficient (Wildman–Crippen LogP) is 9.52. The third-order valence-corrected chi connectivity index (χ3v) is 11.4. The molecule has 56 heavy (non-hydrogen) atoms. The number of hydrogen-bond acceptors (Lipinski definition) is 6. The van der Waals surface area contributed by atoms with Crippen molar-refractivity contribution >= 4 is 68.8 Å². The quantitative estimate of drug-likeness (QED) is 0.171. The third kappa shape index (κ3) is 6.70. The molecule has 0 aliphatic carbocycles. The Kier molecular flexibility index (Phi) is 9.55. The topological polar surface area (TPSA) is 59.5 Å². The van der Waals surface area contributed by atoms with Crippen molar-refractivity contribution in [3.05, 3.63) is 143 Å². The van der Waals surface area contributed by atoms with Crippen molar-refractivity contribution in [2.24, 2.45) is 0 Å². The molecule has 8 heteroatoms. The molecule has 0 saturated carbocycles. The van der Waals surface area contributed by atoms with Gasteiger partial charge in [0.1, 0.15) is 0 Å². The first-order valence-electron chi connectivity index (χ1n) is 20.2. The molecule has 0 aromatic carbocycles. The number of aromatic nitrogens is 4. The lowest BCUT2D eigenvalue weighted by Gasteiger charge is -2.28. The molecule has 9 rings (SSSR count). The second-order valence-corrected chi connectivity index (χ2v) is 14.9. The smallest absolute Gasteiger partial charge is 0.0734 e. The molecule has 0 radical (unpaired) electrons. The van der Waals surface area contributed by atoms with E-state index in [0.717, 1.165) is 97.2 Å². The molecule has 282 valence electrons. The lowest BCUT2D eigenvalue weighted by Crippen LogP contribution is -2.24. The number of aromatic amines is 1. The summed E-state index contributed by atoms with van der Waals surface area (Å²) in [6.07, 6.45) is 35.7. The number of likely N-dealkylation sites (N-methyl/N-ethyl adjacent to an activating group) is 4. The van der Waals surface area contributed by atoms with Gasteiger partial charge in [0.15, 0.2) is 0 Å². The van der Waals surface area contributed by atoms with E-state index in [1.54, 1.807) is 0 Å². The van der Waals surface area contributed by atoms with Crippen LogP contribution in [0.4, 0.5) is 0 Å². The fourth-order valence-corrected chi connectivity index (χ4v) is 8.45. The van der Waals surface area contributed by atoms with Crippen LogP contribution in [0.5, 0.6) is 0 Å². The Balaban J connectivity index is 1.53. The van der Waals surface area contributed by atoms with E-state index in [0.29, 0.717) is 0 Å². The molecule has 0 fully saturated rings. The van der Waals surface area contributed by atoms with Crippen LogP contribution in [0.3, 0.4) is 0 Å². The molecule has 0 unspecified atom stereocenters. The van der Waals surface area contributed by atoms with Gasteiger partial charge in [-0.2, -0.15) is 0 Å². The van der Waals surface area contributed by atoms with Crippen LogP contribution in [0, 0.1) is 0 Å². The number of nitrogens with one attached hydrogen (secondary N) is 1. The monoisotopic (exact) mass is 738 g/mol. The Labute approximate surface area is 330 Å². The van der Waals surface area contributed by atoms with Gasteiger partial charge in [-0.25, -0.2) is 9.97 Å². The van der Waals surface area contributed by atoms with Crippen LogP contribution in [0.1, 0.15) is 67.2 Å². The van der Waals surface area contributed by atoms with Crippen LogP contribution < -0.4 is 0 Å². The second-order valence-electron chi connectivity index (χ2n) is 14.9.